The molecule has 136 valence electrons. The van der Waals surface area contributed by atoms with Crippen molar-refractivity contribution in [1.29, 1.82) is 0 Å². The summed E-state index contributed by atoms with van der Waals surface area (Å²) in [6, 6.07) is 6.52. The minimum Gasteiger partial charge on any atom is -0.507 e. The lowest BCUT2D eigenvalue weighted by molar-refractivity contribution is 0.411. The molecule has 3 rings (SSSR count). The number of hydrogen-bond donors (Lipinski definition) is 2. The summed E-state index contributed by atoms with van der Waals surface area (Å²) in [5.41, 5.74) is -0.927. The molecule has 0 aromatic carbocycles. The maximum Gasteiger partial charge on any atom is 0.342 e. The summed E-state index contributed by atoms with van der Waals surface area (Å²) in [6.07, 6.45) is 0.337. The second kappa shape index (κ2) is 7.21. The molecule has 0 fully saturated rings. The fourth-order valence-corrected chi connectivity index (χ4v) is 3.74. The molecule has 0 aliphatic carbocycles. The Morgan fingerprint density at radius 2 is 1.46 bits per heavy atom. The number of rotatable bonds is 5. The normalized spacial score (nSPS) is 11.2. The third kappa shape index (κ3) is 3.72. The van der Waals surface area contributed by atoms with Crippen molar-refractivity contribution in [2.75, 3.05) is 0 Å². The van der Waals surface area contributed by atoms with Crippen molar-refractivity contribution in [1.82, 2.24) is 0 Å². The lowest BCUT2D eigenvalue weighted by Gasteiger charge is -2.16. The Morgan fingerprint density at radius 3 is 1.85 bits per heavy atom. The third-order valence-corrected chi connectivity index (χ3v) is 5.18. The van der Waals surface area contributed by atoms with E-state index in [9.17, 15) is 19.8 Å². The number of aromatic hydroxyl groups is 2. The monoisotopic (exact) mass is 374 g/mol. The summed E-state index contributed by atoms with van der Waals surface area (Å²) in [7, 11) is 0. The van der Waals surface area contributed by atoms with Gasteiger partial charge in [-0.2, -0.15) is 0 Å². The molecule has 0 aliphatic heterocycles. The minimum atomic E-state index is -0.607. The van der Waals surface area contributed by atoms with Crippen molar-refractivity contribution in [3.05, 3.63) is 78.0 Å². The van der Waals surface area contributed by atoms with Crippen LogP contribution in [0.4, 0.5) is 0 Å². The van der Waals surface area contributed by atoms with E-state index in [-0.39, 0.29) is 41.4 Å². The van der Waals surface area contributed by atoms with Crippen molar-refractivity contribution < 1.29 is 19.0 Å². The van der Waals surface area contributed by atoms with E-state index >= 15 is 0 Å². The predicted molar refractivity (Wildman–Crippen MR) is 97.2 cm³/mol. The molecular formula is C19H18O6S. The molecule has 0 bridgehead atoms. The highest BCUT2D eigenvalue weighted by Crippen LogP contribution is 2.32. The standard InChI is InChI=1S/C19H18O6S/c1-10-6-15(20)13(18(22)24-10)8-12(17-4-3-5-26-17)9-14-16(21)7-11(2)25-19(14)23/h3-7,12,20-21H,8-9H2,1-2H3. The molecule has 0 spiro atoms. The molecule has 6 nitrogen and oxygen atoms in total. The summed E-state index contributed by atoms with van der Waals surface area (Å²) in [4.78, 5) is 25.2. The first-order valence-corrected chi connectivity index (χ1v) is 8.91. The van der Waals surface area contributed by atoms with Gasteiger partial charge in [0, 0.05) is 22.9 Å². The molecule has 26 heavy (non-hydrogen) atoms. The maximum absolute atomic E-state index is 12.1. The van der Waals surface area contributed by atoms with Crippen molar-refractivity contribution in [3.8, 4) is 11.5 Å². The zero-order valence-corrected chi connectivity index (χ0v) is 15.1. The fraction of sp³-hybridized carbons (Fsp3) is 0.263. The largest absolute Gasteiger partial charge is 0.507 e. The second-order valence-electron chi connectivity index (χ2n) is 6.14. The fourth-order valence-electron chi connectivity index (χ4n) is 2.91. The second-order valence-corrected chi connectivity index (χ2v) is 7.12. The highest BCUT2D eigenvalue weighted by molar-refractivity contribution is 7.10. The van der Waals surface area contributed by atoms with E-state index in [0.717, 1.165) is 4.88 Å². The van der Waals surface area contributed by atoms with E-state index in [4.69, 9.17) is 8.83 Å². The molecular weight excluding hydrogens is 356 g/mol. The van der Waals surface area contributed by atoms with Gasteiger partial charge in [-0.05, 0) is 38.1 Å². The Balaban J connectivity index is 2.01. The van der Waals surface area contributed by atoms with Crippen LogP contribution in [0.25, 0.3) is 0 Å². The first-order valence-electron chi connectivity index (χ1n) is 8.03. The van der Waals surface area contributed by atoms with Gasteiger partial charge in [-0.1, -0.05) is 6.07 Å². The van der Waals surface area contributed by atoms with Crippen LogP contribution in [-0.4, -0.2) is 10.2 Å². The van der Waals surface area contributed by atoms with Gasteiger partial charge in [0.1, 0.15) is 23.0 Å². The van der Waals surface area contributed by atoms with Gasteiger partial charge in [0.25, 0.3) is 0 Å². The molecule has 3 aromatic heterocycles. The van der Waals surface area contributed by atoms with Crippen LogP contribution in [0, 0.1) is 13.8 Å². The quantitative estimate of drug-likeness (QED) is 0.711. The van der Waals surface area contributed by atoms with Crippen LogP contribution in [0.1, 0.15) is 33.4 Å². The van der Waals surface area contributed by atoms with Crippen LogP contribution in [0.2, 0.25) is 0 Å². The summed E-state index contributed by atoms with van der Waals surface area (Å²) in [5, 5.41) is 22.2. The summed E-state index contributed by atoms with van der Waals surface area (Å²) in [6.45, 7) is 3.16. The molecule has 7 heteroatoms. The van der Waals surface area contributed by atoms with Gasteiger partial charge in [-0.3, -0.25) is 0 Å². The molecule has 0 saturated carbocycles. The Kier molecular flexibility index (Phi) is 4.99. The third-order valence-electron chi connectivity index (χ3n) is 4.15. The zero-order chi connectivity index (χ0) is 18.8. The van der Waals surface area contributed by atoms with Crippen LogP contribution < -0.4 is 11.3 Å². The van der Waals surface area contributed by atoms with Crippen LogP contribution in [0.3, 0.4) is 0 Å². The van der Waals surface area contributed by atoms with Gasteiger partial charge in [0.2, 0.25) is 0 Å². The van der Waals surface area contributed by atoms with E-state index < -0.39 is 11.3 Å². The number of thiophene rings is 1. The Bertz CT molecular complexity index is 962. The molecule has 0 radical (unpaired) electrons. The van der Waals surface area contributed by atoms with E-state index in [1.807, 2.05) is 17.5 Å². The van der Waals surface area contributed by atoms with Crippen LogP contribution in [0.5, 0.6) is 11.5 Å². The Labute approximate surface area is 153 Å². The van der Waals surface area contributed by atoms with Gasteiger partial charge >= 0.3 is 11.3 Å². The van der Waals surface area contributed by atoms with E-state index in [0.29, 0.717) is 11.5 Å². The number of hydrogen-bond acceptors (Lipinski definition) is 7. The van der Waals surface area contributed by atoms with Crippen molar-refractivity contribution in [2.24, 2.45) is 0 Å². The van der Waals surface area contributed by atoms with Gasteiger partial charge in [-0.15, -0.1) is 11.3 Å². The van der Waals surface area contributed by atoms with Gasteiger partial charge < -0.3 is 19.0 Å². The summed E-state index contributed by atoms with van der Waals surface area (Å²) < 4.78 is 10.2. The lowest BCUT2D eigenvalue weighted by Crippen LogP contribution is -2.17. The Morgan fingerprint density at radius 1 is 0.962 bits per heavy atom. The minimum absolute atomic E-state index is 0.138. The van der Waals surface area contributed by atoms with Gasteiger partial charge in [0.15, 0.2) is 0 Å². The molecule has 0 amide bonds. The molecule has 2 N–H and O–H groups in total. The van der Waals surface area contributed by atoms with E-state index in [2.05, 4.69) is 0 Å². The topological polar surface area (TPSA) is 101 Å². The highest BCUT2D eigenvalue weighted by Gasteiger charge is 2.23. The summed E-state index contributed by atoms with van der Waals surface area (Å²) >= 11 is 1.47. The molecule has 3 aromatic rings. The Hall–Kier alpha value is -2.80. The first-order chi connectivity index (χ1) is 12.3. The average molecular weight is 374 g/mol. The van der Waals surface area contributed by atoms with Crippen molar-refractivity contribution in [3.63, 3.8) is 0 Å². The average Bonchev–Trinajstić information content (AvgIpc) is 3.06. The van der Waals surface area contributed by atoms with Crippen molar-refractivity contribution in [2.45, 2.75) is 32.6 Å². The zero-order valence-electron chi connectivity index (χ0n) is 14.3. The van der Waals surface area contributed by atoms with Crippen LogP contribution >= 0.6 is 11.3 Å². The molecule has 3 heterocycles. The molecule has 0 unspecified atom stereocenters. The van der Waals surface area contributed by atoms with Crippen molar-refractivity contribution >= 4 is 11.3 Å². The maximum atomic E-state index is 12.1. The lowest BCUT2D eigenvalue weighted by atomic mass is 9.91. The summed E-state index contributed by atoms with van der Waals surface area (Å²) in [5.74, 6) is 0.0606. The van der Waals surface area contributed by atoms with Crippen LogP contribution in [-0.2, 0) is 12.8 Å². The van der Waals surface area contributed by atoms with Gasteiger partial charge in [-0.25, -0.2) is 9.59 Å². The van der Waals surface area contributed by atoms with E-state index in [1.165, 1.54) is 23.5 Å². The number of aryl methyl sites for hydroxylation is 2. The van der Waals surface area contributed by atoms with E-state index in [1.54, 1.807) is 13.8 Å². The first kappa shape index (κ1) is 18.0. The molecule has 0 atom stereocenters. The van der Waals surface area contributed by atoms with Gasteiger partial charge in [0.05, 0.1) is 11.1 Å². The molecule has 0 saturated heterocycles. The molecule has 0 aliphatic rings. The van der Waals surface area contributed by atoms with Crippen LogP contribution in [0.15, 0.2) is 48.1 Å². The predicted octanol–water partition coefficient (Wildman–Crippen LogP) is 3.25. The highest BCUT2D eigenvalue weighted by atomic mass is 32.1. The SMILES string of the molecule is Cc1cc(O)c(CC(Cc2c(O)cc(C)oc2=O)c2cccs2)c(=O)o1. The smallest absolute Gasteiger partial charge is 0.342 e.